The van der Waals surface area contributed by atoms with Crippen LogP contribution in [0.1, 0.15) is 10.4 Å². The van der Waals surface area contributed by atoms with Crippen molar-refractivity contribution < 1.29 is 33.6 Å². The molecule has 0 aromatic heterocycles. The fourth-order valence-corrected chi connectivity index (χ4v) is 1.62. The molecule has 0 fully saturated rings. The first-order valence-corrected chi connectivity index (χ1v) is 7.41. The van der Waals surface area contributed by atoms with Gasteiger partial charge in [-0.2, -0.15) is 0 Å². The van der Waals surface area contributed by atoms with E-state index < -0.39 is 0 Å². The molecule has 0 saturated heterocycles. The molecule has 0 amide bonds. The van der Waals surface area contributed by atoms with E-state index in [9.17, 15) is 9.90 Å². The number of carbonyl (C=O) groups is 1. The summed E-state index contributed by atoms with van der Waals surface area (Å²) in [6.07, 6.45) is 0.662. The highest BCUT2D eigenvalue weighted by Crippen LogP contribution is 2.25. The Balaban J connectivity index is 1.94. The Hall–Kier alpha value is -1.67. The van der Waals surface area contributed by atoms with Crippen molar-refractivity contribution in [1.29, 1.82) is 0 Å². The Morgan fingerprint density at radius 2 is 1.48 bits per heavy atom. The number of ether oxygens (including phenoxy) is 5. The van der Waals surface area contributed by atoms with E-state index in [0.29, 0.717) is 70.5 Å². The number of phenols is 1. The summed E-state index contributed by atoms with van der Waals surface area (Å²) in [4.78, 5) is 10.5. The average Bonchev–Trinajstić information content (AvgIpc) is 2.57. The molecule has 7 nitrogen and oxygen atoms in total. The van der Waals surface area contributed by atoms with E-state index in [0.717, 1.165) is 0 Å². The second-order valence-electron chi connectivity index (χ2n) is 4.52. The van der Waals surface area contributed by atoms with Crippen molar-refractivity contribution in [2.75, 3.05) is 60.0 Å². The maximum absolute atomic E-state index is 10.5. The van der Waals surface area contributed by atoms with E-state index in [-0.39, 0.29) is 5.75 Å². The number of hydrogen-bond donors (Lipinski definition) is 1. The van der Waals surface area contributed by atoms with Gasteiger partial charge in [-0.15, -0.1) is 0 Å². The Morgan fingerprint density at radius 3 is 2.00 bits per heavy atom. The fourth-order valence-electron chi connectivity index (χ4n) is 1.62. The van der Waals surface area contributed by atoms with Gasteiger partial charge in [0.15, 0.2) is 11.5 Å². The van der Waals surface area contributed by atoms with Crippen LogP contribution >= 0.6 is 0 Å². The average molecular weight is 328 g/mol. The van der Waals surface area contributed by atoms with Gasteiger partial charge in [0.2, 0.25) is 0 Å². The van der Waals surface area contributed by atoms with Gasteiger partial charge >= 0.3 is 0 Å². The summed E-state index contributed by atoms with van der Waals surface area (Å²) >= 11 is 0. The molecule has 130 valence electrons. The van der Waals surface area contributed by atoms with Crippen LogP contribution in [0, 0.1) is 0 Å². The summed E-state index contributed by atoms with van der Waals surface area (Å²) in [6, 6.07) is 4.48. The molecular weight excluding hydrogens is 304 g/mol. The Bertz CT molecular complexity index is 436. The van der Waals surface area contributed by atoms with Crippen molar-refractivity contribution in [1.82, 2.24) is 0 Å². The molecule has 1 aromatic rings. The van der Waals surface area contributed by atoms with Gasteiger partial charge in [0.25, 0.3) is 0 Å². The number of aldehydes is 1. The van der Waals surface area contributed by atoms with Crippen LogP contribution in [0.15, 0.2) is 18.2 Å². The van der Waals surface area contributed by atoms with E-state index in [1.165, 1.54) is 6.07 Å². The number of methoxy groups -OCH3 is 1. The van der Waals surface area contributed by atoms with Crippen molar-refractivity contribution in [2.45, 2.75) is 0 Å². The predicted octanol–water partition coefficient (Wildman–Crippen LogP) is 1.28. The summed E-state index contributed by atoms with van der Waals surface area (Å²) in [5, 5.41) is 9.64. The lowest BCUT2D eigenvalue weighted by Gasteiger charge is -2.09. The highest BCUT2D eigenvalue weighted by molar-refractivity contribution is 5.76. The molecule has 1 rings (SSSR count). The third-order valence-electron chi connectivity index (χ3n) is 2.78. The lowest BCUT2D eigenvalue weighted by Crippen LogP contribution is -2.13. The van der Waals surface area contributed by atoms with E-state index in [1.54, 1.807) is 19.2 Å². The van der Waals surface area contributed by atoms with E-state index >= 15 is 0 Å². The molecule has 1 N–H and O–H groups in total. The highest BCUT2D eigenvalue weighted by atomic mass is 16.6. The van der Waals surface area contributed by atoms with Gasteiger partial charge < -0.3 is 28.8 Å². The third-order valence-corrected chi connectivity index (χ3v) is 2.78. The molecule has 0 radical (unpaired) electrons. The second kappa shape index (κ2) is 12.8. The summed E-state index contributed by atoms with van der Waals surface area (Å²) in [7, 11) is 1.63. The molecule has 0 aliphatic heterocycles. The summed E-state index contributed by atoms with van der Waals surface area (Å²) in [5.74, 6) is 0.259. The number of aromatic hydroxyl groups is 1. The third kappa shape index (κ3) is 9.14. The fraction of sp³-hybridized carbons (Fsp3) is 0.562. The topological polar surface area (TPSA) is 83.5 Å². The number of phenolic OH excluding ortho intramolecular Hbond substituents is 1. The van der Waals surface area contributed by atoms with Crippen LogP contribution in [-0.4, -0.2) is 71.4 Å². The van der Waals surface area contributed by atoms with Gasteiger partial charge in [0.1, 0.15) is 12.9 Å². The first-order valence-electron chi connectivity index (χ1n) is 7.41. The first-order chi connectivity index (χ1) is 11.3. The van der Waals surface area contributed by atoms with Crippen molar-refractivity contribution in [3.8, 4) is 11.5 Å². The zero-order chi connectivity index (χ0) is 16.8. The summed E-state index contributed by atoms with van der Waals surface area (Å²) < 4.78 is 26.1. The number of benzene rings is 1. The van der Waals surface area contributed by atoms with Crippen molar-refractivity contribution in [3.05, 3.63) is 23.8 Å². The molecule has 0 aliphatic rings. The molecule has 0 unspecified atom stereocenters. The lowest BCUT2D eigenvalue weighted by molar-refractivity contribution is 0.0000852. The Kier molecular flexibility index (Phi) is 10.8. The molecule has 0 bridgehead atoms. The largest absolute Gasteiger partial charge is 0.504 e. The van der Waals surface area contributed by atoms with Crippen LogP contribution in [0.2, 0.25) is 0 Å². The van der Waals surface area contributed by atoms with Crippen molar-refractivity contribution in [3.63, 3.8) is 0 Å². The van der Waals surface area contributed by atoms with Crippen LogP contribution in [0.4, 0.5) is 0 Å². The molecule has 1 aromatic carbocycles. The van der Waals surface area contributed by atoms with Crippen LogP contribution in [-0.2, 0) is 18.9 Å². The summed E-state index contributed by atoms with van der Waals surface area (Å²) in [5.41, 5.74) is 0.398. The first kappa shape index (κ1) is 19.4. The zero-order valence-corrected chi connectivity index (χ0v) is 13.4. The molecule has 0 heterocycles. The van der Waals surface area contributed by atoms with Gasteiger partial charge in [0.05, 0.1) is 46.2 Å². The minimum absolute atomic E-state index is 0.0635. The van der Waals surface area contributed by atoms with Gasteiger partial charge in [-0.3, -0.25) is 4.79 Å². The molecule has 0 spiro atoms. The van der Waals surface area contributed by atoms with Crippen LogP contribution < -0.4 is 4.74 Å². The van der Waals surface area contributed by atoms with Gasteiger partial charge in [-0.1, -0.05) is 0 Å². The van der Waals surface area contributed by atoms with E-state index in [2.05, 4.69) is 0 Å². The quantitative estimate of drug-likeness (QED) is 0.407. The molecule has 23 heavy (non-hydrogen) atoms. The Morgan fingerprint density at radius 1 is 0.913 bits per heavy atom. The smallest absolute Gasteiger partial charge is 0.161 e. The standard InChI is InChI=1S/C16H24O7/c1-19-4-5-20-6-7-21-8-9-22-10-11-23-16-3-2-14(13-17)12-15(16)18/h2-3,12-13,18H,4-11H2,1H3. The van der Waals surface area contributed by atoms with Gasteiger partial charge in [0, 0.05) is 12.7 Å². The normalized spacial score (nSPS) is 10.7. The molecular formula is C16H24O7. The van der Waals surface area contributed by atoms with Gasteiger partial charge in [-0.05, 0) is 18.2 Å². The maximum Gasteiger partial charge on any atom is 0.161 e. The van der Waals surface area contributed by atoms with Crippen LogP contribution in [0.25, 0.3) is 0 Å². The predicted molar refractivity (Wildman–Crippen MR) is 83.3 cm³/mol. The minimum atomic E-state index is -0.0635. The second-order valence-corrected chi connectivity index (χ2v) is 4.52. The van der Waals surface area contributed by atoms with Crippen LogP contribution in [0.3, 0.4) is 0 Å². The SMILES string of the molecule is COCCOCCOCCOCCOc1ccc(C=O)cc1O. The van der Waals surface area contributed by atoms with Crippen molar-refractivity contribution in [2.24, 2.45) is 0 Å². The molecule has 0 aliphatic carbocycles. The molecule has 0 saturated carbocycles. The Labute approximate surface area is 136 Å². The number of hydrogen-bond acceptors (Lipinski definition) is 7. The van der Waals surface area contributed by atoms with Crippen LogP contribution in [0.5, 0.6) is 11.5 Å². The maximum atomic E-state index is 10.5. The molecule has 0 atom stereocenters. The molecule has 7 heteroatoms. The lowest BCUT2D eigenvalue weighted by atomic mass is 10.2. The minimum Gasteiger partial charge on any atom is -0.504 e. The van der Waals surface area contributed by atoms with Gasteiger partial charge in [-0.25, -0.2) is 0 Å². The number of rotatable bonds is 14. The summed E-state index contributed by atoms with van der Waals surface area (Å²) in [6.45, 7) is 3.80. The highest BCUT2D eigenvalue weighted by Gasteiger charge is 2.03. The van der Waals surface area contributed by atoms with Crippen molar-refractivity contribution >= 4 is 6.29 Å². The van der Waals surface area contributed by atoms with E-state index in [4.69, 9.17) is 23.7 Å². The zero-order valence-electron chi connectivity index (χ0n) is 13.4. The monoisotopic (exact) mass is 328 g/mol. The number of carbonyl (C=O) groups excluding carboxylic acids is 1. The van der Waals surface area contributed by atoms with E-state index in [1.807, 2.05) is 0 Å².